The Bertz CT molecular complexity index is 350. The van der Waals surface area contributed by atoms with Crippen LogP contribution in [0.5, 0.6) is 0 Å². The molecule has 90 valence electrons. The van der Waals surface area contributed by atoms with Gasteiger partial charge in [0.2, 0.25) is 5.89 Å². The molecule has 0 radical (unpaired) electrons. The number of aliphatic hydroxyl groups excluding tert-OH is 1. The highest BCUT2D eigenvalue weighted by Gasteiger charge is 2.14. The maximum Gasteiger partial charge on any atom is 0.306 e. The molecule has 2 unspecified atom stereocenters. The van der Waals surface area contributed by atoms with E-state index in [9.17, 15) is 9.90 Å². The summed E-state index contributed by atoms with van der Waals surface area (Å²) in [6.45, 7) is 3.82. The van der Waals surface area contributed by atoms with Gasteiger partial charge in [-0.15, -0.1) is 0 Å². The zero-order chi connectivity index (χ0) is 12.1. The largest absolute Gasteiger partial charge is 0.481 e. The summed E-state index contributed by atoms with van der Waals surface area (Å²) in [4.78, 5) is 14.3. The van der Waals surface area contributed by atoms with Crippen molar-refractivity contribution in [2.24, 2.45) is 0 Å². The van der Waals surface area contributed by atoms with E-state index in [1.54, 1.807) is 13.1 Å². The standard InChI is InChI=1S/C10H16N2O4/c1-6-4-12-10(16-6)7(2)11-5-8(13)3-9(14)15/h4,7-8,11,13H,3,5H2,1-2H3,(H,14,15). The number of nitrogens with one attached hydrogen (secondary N) is 1. The molecule has 3 N–H and O–H groups in total. The topological polar surface area (TPSA) is 95.6 Å². The van der Waals surface area contributed by atoms with Gasteiger partial charge in [-0.1, -0.05) is 0 Å². The fraction of sp³-hybridized carbons (Fsp3) is 0.600. The van der Waals surface area contributed by atoms with Gasteiger partial charge in [-0.25, -0.2) is 4.98 Å². The Hall–Kier alpha value is -1.40. The van der Waals surface area contributed by atoms with Crippen LogP contribution < -0.4 is 5.32 Å². The zero-order valence-corrected chi connectivity index (χ0v) is 9.30. The number of rotatable bonds is 6. The average Bonchev–Trinajstić information content (AvgIpc) is 2.60. The summed E-state index contributed by atoms with van der Waals surface area (Å²) < 4.78 is 5.29. The second-order valence-corrected chi connectivity index (χ2v) is 3.69. The fourth-order valence-corrected chi connectivity index (χ4v) is 1.25. The number of carbonyl (C=O) groups is 1. The van der Waals surface area contributed by atoms with Crippen LogP contribution in [0.25, 0.3) is 0 Å². The molecule has 0 aliphatic rings. The van der Waals surface area contributed by atoms with Gasteiger partial charge in [0.15, 0.2) is 0 Å². The number of aliphatic carboxylic acids is 1. The average molecular weight is 228 g/mol. The number of aromatic nitrogens is 1. The van der Waals surface area contributed by atoms with Crippen LogP contribution in [0.15, 0.2) is 10.6 Å². The molecule has 6 nitrogen and oxygen atoms in total. The number of aliphatic hydroxyl groups is 1. The molecular formula is C10H16N2O4. The molecule has 0 spiro atoms. The second-order valence-electron chi connectivity index (χ2n) is 3.69. The predicted octanol–water partition coefficient (Wildman–Crippen LogP) is 0.469. The molecule has 0 saturated carbocycles. The van der Waals surface area contributed by atoms with Gasteiger partial charge in [-0.3, -0.25) is 4.79 Å². The van der Waals surface area contributed by atoms with Crippen molar-refractivity contribution in [2.45, 2.75) is 32.4 Å². The Balaban J connectivity index is 2.35. The number of hydrogen-bond donors (Lipinski definition) is 3. The lowest BCUT2D eigenvalue weighted by Crippen LogP contribution is -2.30. The number of carboxylic acids is 1. The molecule has 1 aromatic heterocycles. The number of carboxylic acid groups (broad SMARTS) is 1. The van der Waals surface area contributed by atoms with Crippen LogP contribution >= 0.6 is 0 Å². The van der Waals surface area contributed by atoms with Gasteiger partial charge in [0.1, 0.15) is 5.76 Å². The van der Waals surface area contributed by atoms with E-state index in [1.165, 1.54) is 0 Å². The first-order valence-corrected chi connectivity index (χ1v) is 5.04. The van der Waals surface area contributed by atoms with E-state index in [1.807, 2.05) is 6.92 Å². The van der Waals surface area contributed by atoms with Crippen molar-refractivity contribution in [3.63, 3.8) is 0 Å². The van der Waals surface area contributed by atoms with Gasteiger partial charge in [-0.2, -0.15) is 0 Å². The molecule has 16 heavy (non-hydrogen) atoms. The normalized spacial score (nSPS) is 14.7. The van der Waals surface area contributed by atoms with Gasteiger partial charge >= 0.3 is 5.97 Å². The number of aryl methyl sites for hydroxylation is 1. The predicted molar refractivity (Wildman–Crippen MR) is 55.9 cm³/mol. The summed E-state index contributed by atoms with van der Waals surface area (Å²) in [7, 11) is 0. The highest BCUT2D eigenvalue weighted by atomic mass is 16.4. The minimum atomic E-state index is -1.02. The minimum Gasteiger partial charge on any atom is -0.481 e. The van der Waals surface area contributed by atoms with Crippen LogP contribution in [-0.2, 0) is 4.79 Å². The van der Waals surface area contributed by atoms with Crippen molar-refractivity contribution in [3.8, 4) is 0 Å². The summed E-state index contributed by atoms with van der Waals surface area (Å²) in [6.07, 6.45) is 0.432. The minimum absolute atomic E-state index is 0.155. The molecule has 0 aliphatic carbocycles. The molecule has 1 heterocycles. The lowest BCUT2D eigenvalue weighted by Gasteiger charge is -2.13. The van der Waals surface area contributed by atoms with Gasteiger partial charge in [0.25, 0.3) is 0 Å². The number of oxazole rings is 1. The van der Waals surface area contributed by atoms with E-state index in [-0.39, 0.29) is 19.0 Å². The van der Waals surface area contributed by atoms with E-state index < -0.39 is 12.1 Å². The second kappa shape index (κ2) is 5.62. The van der Waals surface area contributed by atoms with Crippen LogP contribution in [0, 0.1) is 6.92 Å². The first-order valence-electron chi connectivity index (χ1n) is 5.04. The third kappa shape index (κ3) is 4.00. The first-order chi connectivity index (χ1) is 7.49. The maximum atomic E-state index is 10.3. The summed E-state index contributed by atoms with van der Waals surface area (Å²) in [6, 6.07) is -0.155. The van der Waals surface area contributed by atoms with E-state index in [2.05, 4.69) is 10.3 Å². The molecule has 0 aliphatic heterocycles. The van der Waals surface area contributed by atoms with Crippen molar-refractivity contribution in [3.05, 3.63) is 17.8 Å². The Morgan fingerprint density at radius 3 is 2.88 bits per heavy atom. The van der Waals surface area contributed by atoms with Crippen molar-refractivity contribution in [1.29, 1.82) is 0 Å². The highest BCUT2D eigenvalue weighted by molar-refractivity contribution is 5.67. The van der Waals surface area contributed by atoms with E-state index in [0.717, 1.165) is 5.76 Å². The lowest BCUT2D eigenvalue weighted by molar-refractivity contribution is -0.139. The Labute approximate surface area is 93.3 Å². The van der Waals surface area contributed by atoms with Crippen LogP contribution in [0.4, 0.5) is 0 Å². The monoisotopic (exact) mass is 228 g/mol. The molecular weight excluding hydrogens is 212 g/mol. The van der Waals surface area contributed by atoms with Gasteiger partial charge in [-0.05, 0) is 13.8 Å². The van der Waals surface area contributed by atoms with E-state index >= 15 is 0 Å². The van der Waals surface area contributed by atoms with Crippen LogP contribution in [-0.4, -0.2) is 33.8 Å². The summed E-state index contributed by atoms with van der Waals surface area (Å²) in [5.74, 6) is 0.226. The smallest absolute Gasteiger partial charge is 0.306 e. The summed E-state index contributed by atoms with van der Waals surface area (Å²) >= 11 is 0. The van der Waals surface area contributed by atoms with E-state index in [4.69, 9.17) is 9.52 Å². The molecule has 0 saturated heterocycles. The van der Waals surface area contributed by atoms with Gasteiger partial charge < -0.3 is 19.9 Å². The molecule has 1 aromatic rings. The zero-order valence-electron chi connectivity index (χ0n) is 9.30. The molecule has 0 amide bonds. The molecule has 0 fully saturated rings. The van der Waals surface area contributed by atoms with Gasteiger partial charge in [0.05, 0.1) is 24.8 Å². The number of hydrogen-bond acceptors (Lipinski definition) is 5. The molecule has 6 heteroatoms. The van der Waals surface area contributed by atoms with Crippen molar-refractivity contribution in [1.82, 2.24) is 10.3 Å². The SMILES string of the molecule is Cc1cnc(C(C)NCC(O)CC(=O)O)o1. The molecule has 1 rings (SSSR count). The Kier molecular flexibility index (Phi) is 4.45. The molecule has 2 atom stereocenters. The maximum absolute atomic E-state index is 10.3. The van der Waals surface area contributed by atoms with E-state index in [0.29, 0.717) is 5.89 Å². The first kappa shape index (κ1) is 12.7. The Morgan fingerprint density at radius 2 is 2.38 bits per heavy atom. The summed E-state index contributed by atoms with van der Waals surface area (Å²) in [5.41, 5.74) is 0. The number of nitrogens with zero attached hydrogens (tertiary/aromatic N) is 1. The Morgan fingerprint density at radius 1 is 1.69 bits per heavy atom. The van der Waals surface area contributed by atoms with Crippen LogP contribution in [0.2, 0.25) is 0 Å². The summed E-state index contributed by atoms with van der Waals surface area (Å²) in [5, 5.41) is 20.7. The molecule has 0 bridgehead atoms. The molecule has 0 aromatic carbocycles. The lowest BCUT2D eigenvalue weighted by atomic mass is 10.2. The van der Waals surface area contributed by atoms with Crippen molar-refractivity contribution >= 4 is 5.97 Å². The fourth-order valence-electron chi connectivity index (χ4n) is 1.25. The van der Waals surface area contributed by atoms with Crippen LogP contribution in [0.3, 0.4) is 0 Å². The van der Waals surface area contributed by atoms with Gasteiger partial charge in [0, 0.05) is 6.54 Å². The third-order valence-electron chi connectivity index (χ3n) is 2.08. The third-order valence-corrected chi connectivity index (χ3v) is 2.08. The van der Waals surface area contributed by atoms with Crippen molar-refractivity contribution < 1.29 is 19.4 Å². The highest BCUT2D eigenvalue weighted by Crippen LogP contribution is 2.11. The van der Waals surface area contributed by atoms with Crippen molar-refractivity contribution in [2.75, 3.05) is 6.54 Å². The quantitative estimate of drug-likeness (QED) is 0.655. The van der Waals surface area contributed by atoms with Crippen LogP contribution in [0.1, 0.15) is 31.0 Å².